The monoisotopic (exact) mass is 269 g/mol. The van der Waals surface area contributed by atoms with Gasteiger partial charge in [-0.15, -0.1) is 0 Å². The summed E-state index contributed by atoms with van der Waals surface area (Å²) in [6.45, 7) is 6.07. The van der Waals surface area contributed by atoms with Gasteiger partial charge in [-0.05, 0) is 22.3 Å². The van der Waals surface area contributed by atoms with Crippen LogP contribution in [-0.4, -0.2) is 19.6 Å². The molecule has 0 fully saturated rings. The molecule has 0 aliphatic heterocycles. The average molecular weight is 269 g/mol. The second-order valence-corrected chi connectivity index (χ2v) is 5.34. The van der Waals surface area contributed by atoms with Gasteiger partial charge in [-0.25, -0.2) is 0 Å². The smallest absolute Gasteiger partial charge is 0.191 e. The molecule has 2 N–H and O–H groups in total. The normalized spacial score (nSPS) is 11.9. The number of hydrogen-bond acceptors (Lipinski definition) is 1. The Morgan fingerprint density at radius 1 is 1.05 bits per heavy atom. The van der Waals surface area contributed by atoms with Crippen LogP contribution < -0.4 is 10.6 Å². The van der Waals surface area contributed by atoms with Crippen molar-refractivity contribution in [3.63, 3.8) is 0 Å². The van der Waals surface area contributed by atoms with Crippen LogP contribution in [0.3, 0.4) is 0 Å². The van der Waals surface area contributed by atoms with Crippen LogP contribution in [0.25, 0.3) is 10.8 Å². The lowest BCUT2D eigenvalue weighted by molar-refractivity contribution is 0.615. The number of aliphatic imine (C=N–C) groups is 1. The number of rotatable bonds is 4. The van der Waals surface area contributed by atoms with Crippen LogP contribution in [0.4, 0.5) is 0 Å². The highest BCUT2D eigenvalue weighted by atomic mass is 15.2. The molecule has 0 amide bonds. The molecule has 0 aliphatic rings. The molecule has 106 valence electrons. The molecule has 0 bridgehead atoms. The fraction of sp³-hybridized carbons (Fsp3) is 0.353. The first-order chi connectivity index (χ1) is 9.70. The third-order valence-corrected chi connectivity index (χ3v) is 3.23. The van der Waals surface area contributed by atoms with Crippen LogP contribution >= 0.6 is 0 Å². The van der Waals surface area contributed by atoms with Crippen LogP contribution in [-0.2, 0) is 6.54 Å². The number of fused-ring (bicyclic) bond motifs is 1. The molecule has 20 heavy (non-hydrogen) atoms. The summed E-state index contributed by atoms with van der Waals surface area (Å²) in [7, 11) is 1.80. The van der Waals surface area contributed by atoms with Gasteiger partial charge < -0.3 is 10.6 Å². The maximum atomic E-state index is 4.25. The van der Waals surface area contributed by atoms with E-state index >= 15 is 0 Å². The minimum absolute atomic E-state index is 0.603. The van der Waals surface area contributed by atoms with E-state index < -0.39 is 0 Å². The number of hydrogen-bond donors (Lipinski definition) is 2. The fourth-order valence-corrected chi connectivity index (χ4v) is 2.15. The molecule has 0 saturated heterocycles. The third-order valence-electron chi connectivity index (χ3n) is 3.23. The zero-order chi connectivity index (χ0) is 14.4. The molecule has 3 nitrogen and oxygen atoms in total. The fourth-order valence-electron chi connectivity index (χ4n) is 2.15. The van der Waals surface area contributed by atoms with Gasteiger partial charge in [0.05, 0.1) is 0 Å². The minimum Gasteiger partial charge on any atom is -0.356 e. The van der Waals surface area contributed by atoms with Crippen molar-refractivity contribution in [3.05, 3.63) is 48.0 Å². The molecular weight excluding hydrogens is 246 g/mol. The topological polar surface area (TPSA) is 36.4 Å². The summed E-state index contributed by atoms with van der Waals surface area (Å²) in [5.41, 5.74) is 1.29. The second-order valence-electron chi connectivity index (χ2n) is 5.34. The van der Waals surface area contributed by atoms with Crippen LogP contribution in [0.5, 0.6) is 0 Å². The lowest BCUT2D eigenvalue weighted by Gasteiger charge is -2.14. The molecule has 0 unspecified atom stereocenters. The van der Waals surface area contributed by atoms with Gasteiger partial charge in [0.2, 0.25) is 0 Å². The van der Waals surface area contributed by atoms with Crippen molar-refractivity contribution in [3.8, 4) is 0 Å². The number of benzene rings is 2. The second kappa shape index (κ2) is 6.94. The highest BCUT2D eigenvalue weighted by molar-refractivity contribution is 5.86. The molecule has 0 saturated carbocycles. The van der Waals surface area contributed by atoms with Gasteiger partial charge in [0, 0.05) is 20.1 Å². The first-order valence-electron chi connectivity index (χ1n) is 7.12. The maximum absolute atomic E-state index is 4.25. The van der Waals surface area contributed by atoms with E-state index in [1.54, 1.807) is 7.05 Å². The third kappa shape index (κ3) is 3.73. The standard InChI is InChI=1S/C17H23N3/c1-13(2)11-19-17(18-3)20-12-15-9-6-8-14-7-4-5-10-16(14)15/h4-10,13H,11-12H2,1-3H3,(H2,18,19,20). The van der Waals surface area contributed by atoms with Gasteiger partial charge in [0.1, 0.15) is 0 Å². The van der Waals surface area contributed by atoms with Gasteiger partial charge in [0.15, 0.2) is 5.96 Å². The van der Waals surface area contributed by atoms with Gasteiger partial charge in [-0.1, -0.05) is 56.3 Å². The SMILES string of the molecule is CN=C(NCc1cccc2ccccc12)NCC(C)C. The summed E-state index contributed by atoms with van der Waals surface area (Å²) < 4.78 is 0. The zero-order valence-corrected chi connectivity index (χ0v) is 12.5. The van der Waals surface area contributed by atoms with Crippen molar-refractivity contribution in [2.24, 2.45) is 10.9 Å². The summed E-state index contributed by atoms with van der Waals surface area (Å²) in [5.74, 6) is 1.46. The van der Waals surface area contributed by atoms with Gasteiger partial charge in [-0.3, -0.25) is 4.99 Å². The van der Waals surface area contributed by atoms with E-state index in [1.807, 2.05) is 0 Å². The summed E-state index contributed by atoms with van der Waals surface area (Å²) in [6, 6.07) is 14.9. The quantitative estimate of drug-likeness (QED) is 0.661. The Morgan fingerprint density at radius 2 is 1.80 bits per heavy atom. The first-order valence-corrected chi connectivity index (χ1v) is 7.12. The molecule has 2 aromatic carbocycles. The van der Waals surface area contributed by atoms with Crippen molar-refractivity contribution in [2.45, 2.75) is 20.4 Å². The van der Waals surface area contributed by atoms with Gasteiger partial charge in [-0.2, -0.15) is 0 Å². The van der Waals surface area contributed by atoms with E-state index in [0.29, 0.717) is 5.92 Å². The van der Waals surface area contributed by atoms with E-state index in [2.05, 4.69) is 71.9 Å². The van der Waals surface area contributed by atoms with E-state index in [0.717, 1.165) is 19.0 Å². The lowest BCUT2D eigenvalue weighted by atomic mass is 10.0. The molecule has 3 heteroatoms. The van der Waals surface area contributed by atoms with Crippen LogP contribution in [0.2, 0.25) is 0 Å². The Labute approximate surface area is 121 Å². The number of guanidine groups is 1. The summed E-state index contributed by atoms with van der Waals surface area (Å²) >= 11 is 0. The predicted octanol–water partition coefficient (Wildman–Crippen LogP) is 3.16. The average Bonchev–Trinajstić information content (AvgIpc) is 2.47. The van der Waals surface area contributed by atoms with Gasteiger partial charge in [0.25, 0.3) is 0 Å². The summed E-state index contributed by atoms with van der Waals surface area (Å²) in [4.78, 5) is 4.25. The van der Waals surface area contributed by atoms with Crippen molar-refractivity contribution in [1.82, 2.24) is 10.6 Å². The van der Waals surface area contributed by atoms with Gasteiger partial charge >= 0.3 is 0 Å². The highest BCUT2D eigenvalue weighted by Crippen LogP contribution is 2.18. The van der Waals surface area contributed by atoms with Crippen LogP contribution in [0, 0.1) is 5.92 Å². The van der Waals surface area contributed by atoms with Crippen molar-refractivity contribution in [1.29, 1.82) is 0 Å². The molecule has 2 rings (SSSR count). The Morgan fingerprint density at radius 3 is 2.55 bits per heavy atom. The van der Waals surface area contributed by atoms with E-state index in [1.165, 1.54) is 16.3 Å². The van der Waals surface area contributed by atoms with E-state index in [-0.39, 0.29) is 0 Å². The molecule has 2 aromatic rings. The van der Waals surface area contributed by atoms with E-state index in [9.17, 15) is 0 Å². The predicted molar refractivity (Wildman–Crippen MR) is 87.0 cm³/mol. The largest absolute Gasteiger partial charge is 0.356 e. The highest BCUT2D eigenvalue weighted by Gasteiger charge is 2.02. The molecular formula is C17H23N3. The first kappa shape index (κ1) is 14.4. The summed E-state index contributed by atoms with van der Waals surface area (Å²) in [5, 5.41) is 9.27. The molecule has 0 atom stereocenters. The maximum Gasteiger partial charge on any atom is 0.191 e. The van der Waals surface area contributed by atoms with Crippen LogP contribution in [0.1, 0.15) is 19.4 Å². The van der Waals surface area contributed by atoms with Crippen molar-refractivity contribution in [2.75, 3.05) is 13.6 Å². The molecule has 0 spiro atoms. The molecule has 0 aromatic heterocycles. The van der Waals surface area contributed by atoms with Crippen molar-refractivity contribution >= 4 is 16.7 Å². The van der Waals surface area contributed by atoms with Crippen molar-refractivity contribution < 1.29 is 0 Å². The molecule has 0 heterocycles. The lowest BCUT2D eigenvalue weighted by Crippen LogP contribution is -2.38. The molecule has 0 radical (unpaired) electrons. The van der Waals surface area contributed by atoms with E-state index in [4.69, 9.17) is 0 Å². The number of nitrogens with zero attached hydrogens (tertiary/aromatic N) is 1. The zero-order valence-electron chi connectivity index (χ0n) is 12.5. The Balaban J connectivity index is 2.05. The Bertz CT molecular complexity index is 582. The summed E-state index contributed by atoms with van der Waals surface area (Å²) in [6.07, 6.45) is 0. The number of nitrogens with one attached hydrogen (secondary N) is 2. The Hall–Kier alpha value is -2.03. The van der Waals surface area contributed by atoms with Crippen LogP contribution in [0.15, 0.2) is 47.5 Å². The minimum atomic E-state index is 0.603. The molecule has 0 aliphatic carbocycles. The Kier molecular flexibility index (Phi) is 4.99.